The molecule has 1 aliphatic carbocycles. The van der Waals surface area contributed by atoms with Gasteiger partial charge in [-0.3, -0.25) is 4.79 Å². The maximum Gasteiger partial charge on any atom is 0.251 e. The molecule has 1 aromatic heterocycles. The molecule has 3 atom stereocenters. The van der Waals surface area contributed by atoms with E-state index in [1.165, 1.54) is 13.5 Å². The summed E-state index contributed by atoms with van der Waals surface area (Å²) in [6.45, 7) is 12.4. The van der Waals surface area contributed by atoms with E-state index in [2.05, 4.69) is 50.0 Å². The molecule has 0 aliphatic heterocycles. The van der Waals surface area contributed by atoms with Crippen LogP contribution in [0.3, 0.4) is 0 Å². The van der Waals surface area contributed by atoms with E-state index in [-0.39, 0.29) is 24.8 Å². The van der Waals surface area contributed by atoms with Crippen molar-refractivity contribution in [2.24, 2.45) is 17.8 Å². The summed E-state index contributed by atoms with van der Waals surface area (Å²) in [5, 5.41) is 16.7. The third kappa shape index (κ3) is 12.7. The summed E-state index contributed by atoms with van der Waals surface area (Å²) in [6.07, 6.45) is 0.502. The van der Waals surface area contributed by atoms with Crippen LogP contribution >= 0.6 is 11.9 Å². The van der Waals surface area contributed by atoms with E-state index in [9.17, 15) is 18.7 Å². The summed E-state index contributed by atoms with van der Waals surface area (Å²) < 4.78 is 36.6. The summed E-state index contributed by atoms with van der Waals surface area (Å²) in [4.78, 5) is 17.4. The lowest BCUT2D eigenvalue weighted by Gasteiger charge is -2.21. The number of methoxy groups -OCH3 is 1. The molecule has 1 unspecified atom stereocenters. The molecule has 0 radical (unpaired) electrons. The Morgan fingerprint density at radius 1 is 1.15 bits per heavy atom. The van der Waals surface area contributed by atoms with Crippen LogP contribution < -0.4 is 19.7 Å². The number of ether oxygens (including phenoxy) is 2. The zero-order valence-electron chi connectivity index (χ0n) is 24.5. The Balaban J connectivity index is 0.000000469. The van der Waals surface area contributed by atoms with Crippen molar-refractivity contribution in [3.8, 4) is 5.75 Å². The smallest absolute Gasteiger partial charge is 0.251 e. The second kappa shape index (κ2) is 16.6. The van der Waals surface area contributed by atoms with E-state index in [4.69, 9.17) is 9.72 Å². The van der Waals surface area contributed by atoms with Gasteiger partial charge in [-0.15, -0.1) is 0 Å². The molecule has 1 fully saturated rings. The molecule has 1 aromatic carbocycles. The fourth-order valence-corrected chi connectivity index (χ4v) is 4.48. The summed E-state index contributed by atoms with van der Waals surface area (Å²) in [6, 6.07) is 6.59. The quantitative estimate of drug-likeness (QED) is 0.256. The monoisotopic (exact) mass is 582 g/mol. The van der Waals surface area contributed by atoms with E-state index in [0.717, 1.165) is 36.5 Å². The molecule has 11 heteroatoms. The van der Waals surface area contributed by atoms with Crippen LogP contribution in [0.25, 0.3) is 0 Å². The van der Waals surface area contributed by atoms with Gasteiger partial charge in [-0.2, -0.15) is 0 Å². The molecule has 3 N–H and O–H groups in total. The number of halogens is 2. The van der Waals surface area contributed by atoms with E-state index >= 15 is 0 Å². The second-order valence-electron chi connectivity index (χ2n) is 10.7. The number of benzene rings is 1. The Morgan fingerprint density at radius 3 is 2.35 bits per heavy atom. The number of anilines is 2. The van der Waals surface area contributed by atoms with Crippen molar-refractivity contribution in [3.63, 3.8) is 0 Å². The van der Waals surface area contributed by atoms with Gasteiger partial charge in [0.05, 0.1) is 19.8 Å². The van der Waals surface area contributed by atoms with Gasteiger partial charge in [-0.1, -0.05) is 34.6 Å². The predicted octanol–water partition coefficient (Wildman–Crippen LogP) is 5.38. The third-order valence-electron chi connectivity index (χ3n) is 5.92. The average Bonchev–Trinajstić information content (AvgIpc) is 3.59. The summed E-state index contributed by atoms with van der Waals surface area (Å²) >= 11 is 1.66. The molecule has 0 spiro atoms. The molecule has 8 nitrogen and oxygen atoms in total. The lowest BCUT2D eigenvalue weighted by molar-refractivity contribution is 0.0259. The van der Waals surface area contributed by atoms with Crippen LogP contribution in [-0.4, -0.2) is 67.8 Å². The highest BCUT2D eigenvalue weighted by molar-refractivity contribution is 8.01. The van der Waals surface area contributed by atoms with Crippen molar-refractivity contribution in [1.82, 2.24) is 10.3 Å². The number of aromatic nitrogens is 1. The molecule has 1 aliphatic rings. The fraction of sp³-hybridized carbons (Fsp3) is 0.586. The van der Waals surface area contributed by atoms with Gasteiger partial charge in [0.1, 0.15) is 29.0 Å². The average molecular weight is 583 g/mol. The van der Waals surface area contributed by atoms with Crippen molar-refractivity contribution in [2.45, 2.75) is 52.4 Å². The van der Waals surface area contributed by atoms with Crippen LogP contribution in [0.5, 0.6) is 5.75 Å². The fourth-order valence-electron chi connectivity index (χ4n) is 3.65. The zero-order valence-corrected chi connectivity index (χ0v) is 25.4. The standard InChI is InChI=1S/C22H38N4O3S.C7H6F2O/c1-14(2)12-29-13-19(27)11-24-22(28)17-8-20(23-10-18-7-16(18)5)25-21(9-17)26(6)30-15(3)4;1-10-7-3-5(8)2-6(9)4-7/h8-9,14-16,18-19,27H,7,10-13H2,1-6H3,(H,23,25)(H,24,28);2-4H,1H3/t16-,18+,19?;/m0./s1. The Kier molecular flexibility index (Phi) is 13.9. The largest absolute Gasteiger partial charge is 0.497 e. The Labute approximate surface area is 241 Å². The number of rotatable bonds is 14. The maximum atomic E-state index is 12.7. The van der Waals surface area contributed by atoms with Gasteiger partial charge in [-0.25, -0.2) is 13.8 Å². The topological polar surface area (TPSA) is 96.0 Å². The molecule has 0 saturated heterocycles. The van der Waals surface area contributed by atoms with Gasteiger partial charge in [-0.05, 0) is 48.3 Å². The summed E-state index contributed by atoms with van der Waals surface area (Å²) in [7, 11) is 3.31. The highest BCUT2D eigenvalue weighted by atomic mass is 32.2. The molecular formula is C29H44F2N4O4S. The minimum Gasteiger partial charge on any atom is -0.497 e. The number of nitrogens with one attached hydrogen (secondary N) is 2. The summed E-state index contributed by atoms with van der Waals surface area (Å²) in [5.41, 5.74) is 0.526. The molecular weight excluding hydrogens is 538 g/mol. The van der Waals surface area contributed by atoms with Crippen LogP contribution in [-0.2, 0) is 4.74 Å². The van der Waals surface area contributed by atoms with Gasteiger partial charge < -0.3 is 29.5 Å². The number of aliphatic hydroxyl groups is 1. The van der Waals surface area contributed by atoms with Crippen molar-refractivity contribution in [2.75, 3.05) is 50.1 Å². The number of aliphatic hydroxyl groups excluding tert-OH is 1. The van der Waals surface area contributed by atoms with Gasteiger partial charge in [0.15, 0.2) is 0 Å². The number of hydrogen-bond acceptors (Lipinski definition) is 8. The Hall–Kier alpha value is -2.63. The van der Waals surface area contributed by atoms with E-state index < -0.39 is 17.7 Å². The minimum atomic E-state index is -0.734. The van der Waals surface area contributed by atoms with Crippen LogP contribution in [0.15, 0.2) is 30.3 Å². The molecule has 1 heterocycles. The van der Waals surface area contributed by atoms with Gasteiger partial charge in [0.25, 0.3) is 5.91 Å². The van der Waals surface area contributed by atoms with Crippen LogP contribution in [0.4, 0.5) is 20.4 Å². The van der Waals surface area contributed by atoms with Crippen LogP contribution in [0.2, 0.25) is 0 Å². The number of amides is 1. The first-order valence-corrected chi connectivity index (χ1v) is 14.4. The van der Waals surface area contributed by atoms with Gasteiger partial charge in [0.2, 0.25) is 0 Å². The minimum absolute atomic E-state index is 0.146. The number of nitrogens with zero attached hydrogens (tertiary/aromatic N) is 2. The maximum absolute atomic E-state index is 12.7. The van der Waals surface area contributed by atoms with Crippen molar-refractivity contribution >= 4 is 29.5 Å². The lowest BCUT2D eigenvalue weighted by atomic mass is 10.2. The molecule has 224 valence electrons. The summed E-state index contributed by atoms with van der Waals surface area (Å²) in [5.74, 6) is 1.98. The van der Waals surface area contributed by atoms with Crippen LogP contribution in [0.1, 0.15) is 51.4 Å². The van der Waals surface area contributed by atoms with E-state index in [1.807, 2.05) is 11.4 Å². The number of pyridine rings is 1. The molecule has 0 bridgehead atoms. The first-order valence-electron chi connectivity index (χ1n) is 13.6. The lowest BCUT2D eigenvalue weighted by Crippen LogP contribution is -2.35. The molecule has 2 aromatic rings. The number of carbonyl (C=O) groups is 1. The van der Waals surface area contributed by atoms with Crippen molar-refractivity contribution in [3.05, 3.63) is 47.5 Å². The number of hydrogen-bond donors (Lipinski definition) is 3. The first-order chi connectivity index (χ1) is 18.9. The SMILES string of the molecule is CC(C)COCC(O)CNC(=O)c1cc(NC[C@H]2C[C@@H]2C)nc(N(C)SC(C)C)c1.COc1cc(F)cc(F)c1. The first kappa shape index (κ1) is 33.6. The zero-order chi connectivity index (χ0) is 29.8. The Bertz CT molecular complexity index is 1060. The molecule has 40 heavy (non-hydrogen) atoms. The van der Waals surface area contributed by atoms with Crippen molar-refractivity contribution < 1.29 is 28.2 Å². The normalized spacial score (nSPS) is 16.7. The van der Waals surface area contributed by atoms with Crippen LogP contribution in [0, 0.1) is 29.4 Å². The molecule has 1 amide bonds. The molecule has 1 saturated carbocycles. The van der Waals surface area contributed by atoms with E-state index in [1.54, 1.807) is 24.1 Å². The second-order valence-corrected chi connectivity index (χ2v) is 12.4. The highest BCUT2D eigenvalue weighted by Crippen LogP contribution is 2.37. The Morgan fingerprint density at radius 2 is 1.80 bits per heavy atom. The van der Waals surface area contributed by atoms with E-state index in [0.29, 0.717) is 35.1 Å². The third-order valence-corrected chi connectivity index (χ3v) is 6.84. The molecule has 3 rings (SSSR count). The van der Waals surface area contributed by atoms with Gasteiger partial charge >= 0.3 is 0 Å². The number of carbonyl (C=O) groups excluding carboxylic acids is 1. The highest BCUT2D eigenvalue weighted by Gasteiger charge is 2.32. The van der Waals surface area contributed by atoms with Crippen molar-refractivity contribution in [1.29, 1.82) is 0 Å². The predicted molar refractivity (Wildman–Crippen MR) is 158 cm³/mol. The van der Waals surface area contributed by atoms with Gasteiger partial charge in [0, 0.05) is 55.8 Å².